The van der Waals surface area contributed by atoms with E-state index in [-0.39, 0.29) is 5.91 Å². The van der Waals surface area contributed by atoms with E-state index < -0.39 is 0 Å². The molecule has 0 aliphatic carbocycles. The van der Waals surface area contributed by atoms with E-state index in [1.165, 1.54) is 5.56 Å². The molecule has 1 aromatic carbocycles. The lowest BCUT2D eigenvalue weighted by Crippen LogP contribution is -2.23. The maximum Gasteiger partial charge on any atom is 0.222 e. The Balaban J connectivity index is 1.96. The molecule has 3 nitrogen and oxygen atoms in total. The van der Waals surface area contributed by atoms with E-state index in [0.717, 1.165) is 25.3 Å². The third-order valence-electron chi connectivity index (χ3n) is 2.78. The third kappa shape index (κ3) is 2.54. The van der Waals surface area contributed by atoms with Gasteiger partial charge in [0.05, 0.1) is 6.61 Å². The fourth-order valence-electron chi connectivity index (χ4n) is 1.95. The molecule has 1 saturated heterocycles. The second-order valence-corrected chi connectivity index (χ2v) is 4.00. The van der Waals surface area contributed by atoms with E-state index in [0.29, 0.717) is 13.0 Å². The van der Waals surface area contributed by atoms with Crippen LogP contribution < -0.4 is 4.74 Å². The fourth-order valence-corrected chi connectivity index (χ4v) is 1.95. The number of benzene rings is 1. The average Bonchev–Trinajstić information content (AvgIpc) is 2.68. The van der Waals surface area contributed by atoms with Gasteiger partial charge in [0, 0.05) is 19.5 Å². The molecule has 0 aromatic heterocycles. The molecule has 0 spiro atoms. The van der Waals surface area contributed by atoms with Crippen molar-refractivity contribution in [2.45, 2.75) is 26.3 Å². The van der Waals surface area contributed by atoms with Gasteiger partial charge in [0.2, 0.25) is 5.91 Å². The highest BCUT2D eigenvalue weighted by Gasteiger charge is 2.19. The van der Waals surface area contributed by atoms with Crippen LogP contribution in [0.2, 0.25) is 0 Å². The summed E-state index contributed by atoms with van der Waals surface area (Å²) in [5, 5.41) is 0. The predicted molar refractivity (Wildman–Crippen MR) is 62.3 cm³/mol. The summed E-state index contributed by atoms with van der Waals surface area (Å²) in [5.41, 5.74) is 1.17. The van der Waals surface area contributed by atoms with Gasteiger partial charge < -0.3 is 9.64 Å². The van der Waals surface area contributed by atoms with Gasteiger partial charge in [-0.2, -0.15) is 0 Å². The van der Waals surface area contributed by atoms with Crippen molar-refractivity contribution < 1.29 is 9.53 Å². The summed E-state index contributed by atoms with van der Waals surface area (Å²) in [6, 6.07) is 7.96. The standard InChI is InChI=1S/C13H17NO2/c1-2-16-12-7-5-11(6-8-12)10-14-9-3-4-13(14)15/h5-8H,2-4,9-10H2,1H3. The van der Waals surface area contributed by atoms with Gasteiger partial charge in [0.1, 0.15) is 5.75 Å². The number of carbonyl (C=O) groups excluding carboxylic acids is 1. The number of ether oxygens (including phenoxy) is 1. The highest BCUT2D eigenvalue weighted by Crippen LogP contribution is 2.17. The Kier molecular flexibility index (Phi) is 3.44. The fraction of sp³-hybridized carbons (Fsp3) is 0.462. The predicted octanol–water partition coefficient (Wildman–Crippen LogP) is 2.21. The second kappa shape index (κ2) is 5.01. The van der Waals surface area contributed by atoms with Gasteiger partial charge in [0.25, 0.3) is 0 Å². The summed E-state index contributed by atoms with van der Waals surface area (Å²) < 4.78 is 5.37. The van der Waals surface area contributed by atoms with Gasteiger partial charge in [-0.05, 0) is 31.0 Å². The smallest absolute Gasteiger partial charge is 0.222 e. The first kappa shape index (κ1) is 11.0. The van der Waals surface area contributed by atoms with Crippen molar-refractivity contribution in [1.82, 2.24) is 4.90 Å². The molecule has 0 atom stereocenters. The van der Waals surface area contributed by atoms with Crippen LogP contribution in [-0.2, 0) is 11.3 Å². The zero-order chi connectivity index (χ0) is 11.4. The first-order valence-electron chi connectivity index (χ1n) is 5.79. The van der Waals surface area contributed by atoms with Crippen LogP contribution in [0, 0.1) is 0 Å². The van der Waals surface area contributed by atoms with Crippen LogP contribution >= 0.6 is 0 Å². The molecule has 0 saturated carbocycles. The first-order chi connectivity index (χ1) is 7.79. The van der Waals surface area contributed by atoms with Gasteiger partial charge in [-0.15, -0.1) is 0 Å². The molecule has 1 amide bonds. The molecule has 0 bridgehead atoms. The zero-order valence-electron chi connectivity index (χ0n) is 9.61. The van der Waals surface area contributed by atoms with Crippen LogP contribution in [0.3, 0.4) is 0 Å². The number of rotatable bonds is 4. The second-order valence-electron chi connectivity index (χ2n) is 4.00. The summed E-state index contributed by atoms with van der Waals surface area (Å²) >= 11 is 0. The van der Waals surface area contributed by atoms with Crippen LogP contribution in [0.15, 0.2) is 24.3 Å². The van der Waals surface area contributed by atoms with Gasteiger partial charge in [-0.25, -0.2) is 0 Å². The van der Waals surface area contributed by atoms with Gasteiger partial charge in [0.15, 0.2) is 0 Å². The van der Waals surface area contributed by atoms with Crippen LogP contribution in [0.1, 0.15) is 25.3 Å². The zero-order valence-corrected chi connectivity index (χ0v) is 9.61. The Morgan fingerprint density at radius 3 is 2.62 bits per heavy atom. The largest absolute Gasteiger partial charge is 0.494 e. The molecule has 1 aliphatic heterocycles. The number of likely N-dealkylation sites (tertiary alicyclic amines) is 1. The quantitative estimate of drug-likeness (QED) is 0.777. The van der Waals surface area contributed by atoms with Crippen molar-refractivity contribution >= 4 is 5.91 Å². The third-order valence-corrected chi connectivity index (χ3v) is 2.78. The summed E-state index contributed by atoms with van der Waals surface area (Å²) in [4.78, 5) is 13.4. The van der Waals surface area contributed by atoms with E-state index in [2.05, 4.69) is 0 Å². The first-order valence-corrected chi connectivity index (χ1v) is 5.79. The minimum absolute atomic E-state index is 0.272. The Labute approximate surface area is 96.0 Å². The van der Waals surface area contributed by atoms with E-state index in [9.17, 15) is 4.79 Å². The molecule has 0 unspecified atom stereocenters. The number of hydrogen-bond donors (Lipinski definition) is 0. The van der Waals surface area contributed by atoms with Crippen molar-refractivity contribution in [2.24, 2.45) is 0 Å². The molecule has 1 heterocycles. The van der Waals surface area contributed by atoms with E-state index in [1.807, 2.05) is 36.1 Å². The average molecular weight is 219 g/mol. The highest BCUT2D eigenvalue weighted by atomic mass is 16.5. The van der Waals surface area contributed by atoms with Crippen molar-refractivity contribution in [3.63, 3.8) is 0 Å². The molecule has 1 aromatic rings. The summed E-state index contributed by atoms with van der Waals surface area (Å²) in [5.74, 6) is 1.16. The molecule has 2 rings (SSSR count). The lowest BCUT2D eigenvalue weighted by Gasteiger charge is -2.15. The van der Waals surface area contributed by atoms with Gasteiger partial charge in [-0.3, -0.25) is 4.79 Å². The number of amides is 1. The molecule has 1 aliphatic rings. The topological polar surface area (TPSA) is 29.5 Å². The minimum atomic E-state index is 0.272. The van der Waals surface area contributed by atoms with Crippen molar-refractivity contribution in [2.75, 3.05) is 13.2 Å². The maximum absolute atomic E-state index is 11.4. The van der Waals surface area contributed by atoms with Crippen molar-refractivity contribution in [3.05, 3.63) is 29.8 Å². The Morgan fingerprint density at radius 1 is 1.31 bits per heavy atom. The Bertz CT molecular complexity index is 359. The van der Waals surface area contributed by atoms with Crippen LogP contribution in [-0.4, -0.2) is 24.0 Å². The van der Waals surface area contributed by atoms with Gasteiger partial charge >= 0.3 is 0 Å². The summed E-state index contributed by atoms with van der Waals surface area (Å²) in [7, 11) is 0. The normalized spacial score (nSPS) is 15.6. The summed E-state index contributed by atoms with van der Waals surface area (Å²) in [6.45, 7) is 4.28. The Hall–Kier alpha value is -1.51. The van der Waals surface area contributed by atoms with Crippen LogP contribution in [0.25, 0.3) is 0 Å². The highest BCUT2D eigenvalue weighted by molar-refractivity contribution is 5.78. The lowest BCUT2D eigenvalue weighted by molar-refractivity contribution is -0.128. The maximum atomic E-state index is 11.4. The lowest BCUT2D eigenvalue weighted by atomic mass is 10.2. The van der Waals surface area contributed by atoms with Crippen LogP contribution in [0.4, 0.5) is 0 Å². The number of carbonyl (C=O) groups is 1. The molecule has 16 heavy (non-hydrogen) atoms. The molecule has 0 N–H and O–H groups in total. The monoisotopic (exact) mass is 219 g/mol. The van der Waals surface area contributed by atoms with E-state index in [4.69, 9.17) is 4.74 Å². The Morgan fingerprint density at radius 2 is 2.06 bits per heavy atom. The van der Waals surface area contributed by atoms with Crippen molar-refractivity contribution in [3.8, 4) is 5.75 Å². The van der Waals surface area contributed by atoms with Crippen molar-refractivity contribution in [1.29, 1.82) is 0 Å². The molecule has 3 heteroatoms. The van der Waals surface area contributed by atoms with Crippen LogP contribution in [0.5, 0.6) is 5.75 Å². The molecular weight excluding hydrogens is 202 g/mol. The van der Waals surface area contributed by atoms with E-state index in [1.54, 1.807) is 0 Å². The SMILES string of the molecule is CCOc1ccc(CN2CCCC2=O)cc1. The molecule has 0 radical (unpaired) electrons. The molecular formula is C13H17NO2. The number of nitrogens with zero attached hydrogens (tertiary/aromatic N) is 1. The molecule has 1 fully saturated rings. The minimum Gasteiger partial charge on any atom is -0.494 e. The molecule has 86 valence electrons. The number of hydrogen-bond acceptors (Lipinski definition) is 2. The van der Waals surface area contributed by atoms with Gasteiger partial charge in [-0.1, -0.05) is 12.1 Å². The van der Waals surface area contributed by atoms with E-state index >= 15 is 0 Å². The summed E-state index contributed by atoms with van der Waals surface area (Å²) in [6.07, 6.45) is 1.70.